The van der Waals surface area contributed by atoms with Crippen LogP contribution in [0.25, 0.3) is 0 Å². The highest BCUT2D eigenvalue weighted by Gasteiger charge is 2.33. The van der Waals surface area contributed by atoms with Gasteiger partial charge in [0.2, 0.25) is 0 Å². The Morgan fingerprint density at radius 3 is 2.50 bits per heavy atom. The molecule has 0 saturated carbocycles. The molecule has 1 aromatic rings. The Morgan fingerprint density at radius 2 is 1.94 bits per heavy atom. The second-order valence-electron chi connectivity index (χ2n) is 5.86. The Morgan fingerprint density at radius 1 is 1.28 bits per heavy atom. The summed E-state index contributed by atoms with van der Waals surface area (Å²) in [6, 6.07) is 2.92. The summed E-state index contributed by atoms with van der Waals surface area (Å²) in [5.41, 5.74) is 0.687. The van der Waals surface area contributed by atoms with Gasteiger partial charge in [-0.3, -0.25) is 4.90 Å². The maximum Gasteiger partial charge on any atom is 0.128 e. The molecule has 4 heteroatoms. The molecular formula is C14H18Cl2FN. The van der Waals surface area contributed by atoms with E-state index in [-0.39, 0.29) is 17.3 Å². The molecule has 1 unspecified atom stereocenters. The molecule has 18 heavy (non-hydrogen) atoms. The average molecular weight is 290 g/mol. The van der Waals surface area contributed by atoms with Crippen molar-refractivity contribution < 1.29 is 4.39 Å². The summed E-state index contributed by atoms with van der Waals surface area (Å²) >= 11 is 12.1. The zero-order chi connectivity index (χ0) is 13.5. The summed E-state index contributed by atoms with van der Waals surface area (Å²) in [7, 11) is 0. The number of rotatable bonds is 1. The Kier molecular flexibility index (Phi) is 3.91. The van der Waals surface area contributed by atoms with Crippen LogP contribution in [0.3, 0.4) is 0 Å². The predicted molar refractivity (Wildman–Crippen MR) is 75.1 cm³/mol. The van der Waals surface area contributed by atoms with Gasteiger partial charge in [-0.2, -0.15) is 0 Å². The van der Waals surface area contributed by atoms with E-state index in [0.717, 1.165) is 19.5 Å². The Hall–Kier alpha value is -0.310. The van der Waals surface area contributed by atoms with Gasteiger partial charge in [0.1, 0.15) is 5.82 Å². The van der Waals surface area contributed by atoms with E-state index in [9.17, 15) is 4.39 Å². The van der Waals surface area contributed by atoms with Crippen LogP contribution in [-0.2, 0) is 0 Å². The Labute approximate surface area is 118 Å². The van der Waals surface area contributed by atoms with Gasteiger partial charge in [-0.25, -0.2) is 4.39 Å². The van der Waals surface area contributed by atoms with Crippen LogP contribution in [0.15, 0.2) is 12.1 Å². The van der Waals surface area contributed by atoms with Crippen LogP contribution in [0, 0.1) is 5.82 Å². The molecule has 0 bridgehead atoms. The number of benzene rings is 1. The predicted octanol–water partition coefficient (Wildman–Crippen LogP) is 4.72. The minimum absolute atomic E-state index is 0.107. The molecule has 1 fully saturated rings. The summed E-state index contributed by atoms with van der Waals surface area (Å²) in [6.45, 7) is 8.32. The van der Waals surface area contributed by atoms with Crippen molar-refractivity contribution in [2.45, 2.75) is 38.6 Å². The highest BCUT2D eigenvalue weighted by molar-refractivity contribution is 6.42. The molecule has 0 spiro atoms. The molecule has 1 aromatic carbocycles. The molecular weight excluding hydrogens is 272 g/mol. The van der Waals surface area contributed by atoms with Gasteiger partial charge >= 0.3 is 0 Å². The maximum atomic E-state index is 13.9. The number of likely N-dealkylation sites (tertiary alicyclic amines) is 1. The van der Waals surface area contributed by atoms with Gasteiger partial charge in [0.15, 0.2) is 0 Å². The summed E-state index contributed by atoms with van der Waals surface area (Å²) in [4.78, 5) is 2.36. The summed E-state index contributed by atoms with van der Waals surface area (Å²) in [5, 5.41) is 0.805. The highest BCUT2D eigenvalue weighted by Crippen LogP contribution is 2.39. The zero-order valence-corrected chi connectivity index (χ0v) is 12.4. The molecule has 1 heterocycles. The van der Waals surface area contributed by atoms with E-state index in [0.29, 0.717) is 15.6 Å². The third-order valence-electron chi connectivity index (χ3n) is 3.62. The SMILES string of the molecule is CC(C)(C)N1CCC(c2c(F)ccc(Cl)c2Cl)C1. The van der Waals surface area contributed by atoms with E-state index in [4.69, 9.17) is 23.2 Å². The third-order valence-corrected chi connectivity index (χ3v) is 4.44. The van der Waals surface area contributed by atoms with Crippen molar-refractivity contribution in [1.29, 1.82) is 0 Å². The molecule has 1 atom stereocenters. The lowest BCUT2D eigenvalue weighted by Crippen LogP contribution is -2.39. The third kappa shape index (κ3) is 2.66. The van der Waals surface area contributed by atoms with E-state index in [1.807, 2.05) is 0 Å². The number of halogens is 3. The quantitative estimate of drug-likeness (QED) is 0.676. The number of nitrogens with zero attached hydrogens (tertiary/aromatic N) is 1. The Balaban J connectivity index is 2.27. The largest absolute Gasteiger partial charge is 0.298 e. The van der Waals surface area contributed by atoms with Gasteiger partial charge < -0.3 is 0 Å². The van der Waals surface area contributed by atoms with Crippen LogP contribution < -0.4 is 0 Å². The van der Waals surface area contributed by atoms with Crippen molar-refractivity contribution in [2.75, 3.05) is 13.1 Å². The highest BCUT2D eigenvalue weighted by atomic mass is 35.5. The molecule has 2 rings (SSSR count). The topological polar surface area (TPSA) is 3.24 Å². The summed E-state index contributed by atoms with van der Waals surface area (Å²) < 4.78 is 13.9. The van der Waals surface area contributed by atoms with Crippen molar-refractivity contribution in [3.8, 4) is 0 Å². The molecule has 0 aliphatic carbocycles. The summed E-state index contributed by atoms with van der Waals surface area (Å²) in [5.74, 6) is -0.111. The first-order valence-corrected chi connectivity index (χ1v) is 6.94. The van der Waals surface area contributed by atoms with Gasteiger partial charge in [0, 0.05) is 23.6 Å². The monoisotopic (exact) mass is 289 g/mol. The van der Waals surface area contributed by atoms with Gasteiger partial charge in [-0.15, -0.1) is 0 Å². The van der Waals surface area contributed by atoms with Gasteiger partial charge in [0.05, 0.1) is 10.0 Å². The van der Waals surface area contributed by atoms with E-state index in [2.05, 4.69) is 25.7 Å². The molecule has 100 valence electrons. The first kappa shape index (κ1) is 14.1. The Bertz CT molecular complexity index is 454. The lowest BCUT2D eigenvalue weighted by Gasteiger charge is -2.31. The van der Waals surface area contributed by atoms with E-state index in [1.165, 1.54) is 12.1 Å². The number of hydrogen-bond acceptors (Lipinski definition) is 1. The number of hydrogen-bond donors (Lipinski definition) is 0. The minimum Gasteiger partial charge on any atom is -0.298 e. The van der Waals surface area contributed by atoms with Crippen LogP contribution in [0.4, 0.5) is 4.39 Å². The second kappa shape index (κ2) is 4.99. The lowest BCUT2D eigenvalue weighted by molar-refractivity contribution is 0.172. The normalized spacial score (nSPS) is 21.6. The van der Waals surface area contributed by atoms with Crippen molar-refractivity contribution in [2.24, 2.45) is 0 Å². The molecule has 1 saturated heterocycles. The van der Waals surface area contributed by atoms with Crippen molar-refractivity contribution in [1.82, 2.24) is 4.90 Å². The van der Waals surface area contributed by atoms with Crippen LogP contribution >= 0.6 is 23.2 Å². The second-order valence-corrected chi connectivity index (χ2v) is 6.64. The fourth-order valence-electron chi connectivity index (χ4n) is 2.52. The fraction of sp³-hybridized carbons (Fsp3) is 0.571. The van der Waals surface area contributed by atoms with Crippen LogP contribution in [0.1, 0.15) is 38.7 Å². The fourth-order valence-corrected chi connectivity index (χ4v) is 2.99. The molecule has 1 aliphatic heterocycles. The zero-order valence-electron chi connectivity index (χ0n) is 10.9. The molecule has 0 N–H and O–H groups in total. The summed E-state index contributed by atoms with van der Waals surface area (Å²) in [6.07, 6.45) is 0.925. The molecule has 0 amide bonds. The first-order chi connectivity index (χ1) is 8.30. The molecule has 1 aliphatic rings. The maximum absolute atomic E-state index is 13.9. The van der Waals surface area contributed by atoms with Crippen LogP contribution in [-0.4, -0.2) is 23.5 Å². The molecule has 1 nitrogen and oxygen atoms in total. The standard InChI is InChI=1S/C14H18Cl2FN/c1-14(2,3)18-7-6-9(8-18)12-11(17)5-4-10(15)13(12)16/h4-5,9H,6-8H2,1-3H3. The average Bonchev–Trinajstić information content (AvgIpc) is 2.73. The van der Waals surface area contributed by atoms with Crippen molar-refractivity contribution >= 4 is 23.2 Å². The lowest BCUT2D eigenvalue weighted by atomic mass is 9.97. The van der Waals surface area contributed by atoms with E-state index >= 15 is 0 Å². The van der Waals surface area contributed by atoms with Crippen LogP contribution in [0.2, 0.25) is 10.0 Å². The van der Waals surface area contributed by atoms with Crippen molar-refractivity contribution in [3.63, 3.8) is 0 Å². The molecule has 0 aromatic heterocycles. The van der Waals surface area contributed by atoms with Gasteiger partial charge in [-0.1, -0.05) is 23.2 Å². The van der Waals surface area contributed by atoms with Gasteiger partial charge in [0.25, 0.3) is 0 Å². The molecule has 0 radical (unpaired) electrons. The van der Waals surface area contributed by atoms with E-state index < -0.39 is 0 Å². The van der Waals surface area contributed by atoms with Gasteiger partial charge in [-0.05, 0) is 45.9 Å². The van der Waals surface area contributed by atoms with E-state index in [1.54, 1.807) is 0 Å². The van der Waals surface area contributed by atoms with Crippen LogP contribution in [0.5, 0.6) is 0 Å². The first-order valence-electron chi connectivity index (χ1n) is 6.19. The smallest absolute Gasteiger partial charge is 0.128 e. The minimum atomic E-state index is -0.245. The van der Waals surface area contributed by atoms with Crippen molar-refractivity contribution in [3.05, 3.63) is 33.6 Å².